The molecule has 0 aliphatic carbocycles. The molecule has 2 aromatic carbocycles. The van der Waals surface area contributed by atoms with Gasteiger partial charge in [0.05, 0.1) is 18.2 Å². The molecular formula is C24H30F2N4O3. The molecule has 0 unspecified atom stereocenters. The van der Waals surface area contributed by atoms with Crippen LogP contribution in [0.15, 0.2) is 36.4 Å². The monoisotopic (exact) mass is 460 g/mol. The lowest BCUT2D eigenvalue weighted by molar-refractivity contribution is -0.168. The molecule has 3 aromatic rings. The number of anilines is 2. The average molecular weight is 461 g/mol. The molecule has 3 rings (SSSR count). The number of benzene rings is 2. The number of rotatable bonds is 9. The fourth-order valence-electron chi connectivity index (χ4n) is 3.42. The molecule has 1 heterocycles. The minimum absolute atomic E-state index is 0.178. The van der Waals surface area contributed by atoms with Crippen molar-refractivity contribution < 1.29 is 23.4 Å². The number of aryl methyl sites for hydroxylation is 1. The van der Waals surface area contributed by atoms with Crippen molar-refractivity contribution in [1.29, 1.82) is 0 Å². The first-order valence-corrected chi connectivity index (χ1v) is 10.6. The van der Waals surface area contributed by atoms with Gasteiger partial charge in [-0.3, -0.25) is 0 Å². The van der Waals surface area contributed by atoms with Crippen LogP contribution in [0.3, 0.4) is 0 Å². The lowest BCUT2D eigenvalue weighted by atomic mass is 9.91. The topological polar surface area (TPSA) is 103 Å². The van der Waals surface area contributed by atoms with E-state index in [1.54, 1.807) is 20.1 Å². The quantitative estimate of drug-likeness (QED) is 0.317. The van der Waals surface area contributed by atoms with Crippen LogP contribution in [0.4, 0.5) is 20.3 Å². The van der Waals surface area contributed by atoms with Gasteiger partial charge in [-0.25, -0.2) is 9.97 Å². The van der Waals surface area contributed by atoms with E-state index < -0.39 is 17.6 Å². The summed E-state index contributed by atoms with van der Waals surface area (Å²) in [6.45, 7) is 6.59. The number of nitrogens with zero attached hydrogens (tertiary/aromatic N) is 2. The Hall–Kier alpha value is -3.04. The Kier molecular flexibility index (Phi) is 7.04. The Morgan fingerprint density at radius 2 is 1.85 bits per heavy atom. The SMILES string of the molecule is COCCOc1ccc2nc(C)nc(N[C@H](C)c3cc(N)cc(C(F)(F)C(C)(C)O)c3)c2c1. The highest BCUT2D eigenvalue weighted by molar-refractivity contribution is 5.90. The number of aliphatic hydroxyl groups is 1. The summed E-state index contributed by atoms with van der Waals surface area (Å²) in [5.41, 5.74) is 4.77. The number of aromatic nitrogens is 2. The van der Waals surface area contributed by atoms with Gasteiger partial charge in [0, 0.05) is 23.7 Å². The molecule has 0 saturated carbocycles. The van der Waals surface area contributed by atoms with E-state index >= 15 is 0 Å². The number of hydrogen-bond acceptors (Lipinski definition) is 7. The fraction of sp³-hybridized carbons (Fsp3) is 0.417. The number of methoxy groups -OCH3 is 1. The van der Waals surface area contributed by atoms with E-state index in [1.807, 2.05) is 25.1 Å². The molecule has 1 aromatic heterocycles. The molecule has 178 valence electrons. The Bertz CT molecular complexity index is 1130. The van der Waals surface area contributed by atoms with Crippen LogP contribution >= 0.6 is 0 Å². The van der Waals surface area contributed by atoms with Crippen molar-refractivity contribution in [2.45, 2.75) is 45.3 Å². The molecule has 0 aliphatic heterocycles. The van der Waals surface area contributed by atoms with Crippen LogP contribution in [-0.4, -0.2) is 41.0 Å². The highest BCUT2D eigenvalue weighted by atomic mass is 19.3. The molecular weight excluding hydrogens is 430 g/mol. The highest BCUT2D eigenvalue weighted by Crippen LogP contribution is 2.40. The summed E-state index contributed by atoms with van der Waals surface area (Å²) >= 11 is 0. The van der Waals surface area contributed by atoms with Gasteiger partial charge in [0.15, 0.2) is 0 Å². The smallest absolute Gasteiger partial charge is 0.300 e. The van der Waals surface area contributed by atoms with Crippen LogP contribution in [0, 0.1) is 6.92 Å². The van der Waals surface area contributed by atoms with Crippen molar-refractivity contribution in [2.75, 3.05) is 31.4 Å². The zero-order valence-corrected chi connectivity index (χ0v) is 19.4. The maximum atomic E-state index is 14.8. The van der Waals surface area contributed by atoms with Crippen molar-refractivity contribution in [3.63, 3.8) is 0 Å². The molecule has 33 heavy (non-hydrogen) atoms. The Balaban J connectivity index is 1.96. The van der Waals surface area contributed by atoms with Crippen molar-refractivity contribution in [1.82, 2.24) is 9.97 Å². The maximum Gasteiger partial charge on any atom is 0.300 e. The van der Waals surface area contributed by atoms with Gasteiger partial charge in [-0.05, 0) is 69.7 Å². The number of alkyl halides is 2. The molecule has 4 N–H and O–H groups in total. The van der Waals surface area contributed by atoms with Gasteiger partial charge in [0.1, 0.15) is 29.6 Å². The second-order valence-electron chi connectivity index (χ2n) is 8.53. The average Bonchev–Trinajstić information content (AvgIpc) is 2.73. The van der Waals surface area contributed by atoms with Gasteiger partial charge in [0.2, 0.25) is 0 Å². The van der Waals surface area contributed by atoms with Crippen LogP contribution in [-0.2, 0) is 10.7 Å². The van der Waals surface area contributed by atoms with Crippen LogP contribution < -0.4 is 15.8 Å². The first-order valence-electron chi connectivity index (χ1n) is 10.6. The van der Waals surface area contributed by atoms with Crippen molar-refractivity contribution in [3.8, 4) is 5.75 Å². The highest BCUT2D eigenvalue weighted by Gasteiger charge is 2.47. The number of nitrogens with two attached hydrogens (primary N) is 1. The van der Waals surface area contributed by atoms with Crippen LogP contribution in [0.25, 0.3) is 10.9 Å². The van der Waals surface area contributed by atoms with Crippen molar-refractivity contribution >= 4 is 22.4 Å². The third-order valence-corrected chi connectivity index (χ3v) is 5.30. The third kappa shape index (κ3) is 5.48. The molecule has 0 spiro atoms. The van der Waals surface area contributed by atoms with Crippen LogP contribution in [0.1, 0.15) is 43.8 Å². The number of nitrogens with one attached hydrogen (secondary N) is 1. The van der Waals surface area contributed by atoms with Gasteiger partial charge in [-0.2, -0.15) is 8.78 Å². The van der Waals surface area contributed by atoms with E-state index in [4.69, 9.17) is 15.2 Å². The first kappa shape index (κ1) is 24.6. The molecule has 0 bridgehead atoms. The summed E-state index contributed by atoms with van der Waals surface area (Å²) in [4.78, 5) is 8.98. The summed E-state index contributed by atoms with van der Waals surface area (Å²) in [6, 6.07) is 9.22. The van der Waals surface area contributed by atoms with Gasteiger partial charge in [-0.1, -0.05) is 0 Å². The molecule has 0 radical (unpaired) electrons. The zero-order chi connectivity index (χ0) is 24.4. The van der Waals surface area contributed by atoms with Crippen molar-refractivity contribution in [3.05, 3.63) is 53.3 Å². The van der Waals surface area contributed by atoms with Crippen LogP contribution in [0.2, 0.25) is 0 Å². The number of ether oxygens (including phenoxy) is 2. The second-order valence-corrected chi connectivity index (χ2v) is 8.53. The van der Waals surface area contributed by atoms with E-state index in [0.717, 1.165) is 24.8 Å². The molecule has 9 heteroatoms. The molecule has 0 aliphatic rings. The zero-order valence-electron chi connectivity index (χ0n) is 19.4. The van der Waals surface area contributed by atoms with Crippen LogP contribution in [0.5, 0.6) is 5.75 Å². The maximum absolute atomic E-state index is 14.8. The Morgan fingerprint density at radius 1 is 1.12 bits per heavy atom. The van der Waals surface area contributed by atoms with Gasteiger partial charge in [0.25, 0.3) is 0 Å². The summed E-state index contributed by atoms with van der Waals surface area (Å²) < 4.78 is 40.3. The first-order chi connectivity index (χ1) is 15.4. The third-order valence-electron chi connectivity index (χ3n) is 5.30. The van der Waals surface area contributed by atoms with E-state index in [0.29, 0.717) is 36.2 Å². The van der Waals surface area contributed by atoms with Crippen molar-refractivity contribution in [2.24, 2.45) is 0 Å². The largest absolute Gasteiger partial charge is 0.491 e. The molecule has 0 amide bonds. The minimum atomic E-state index is -3.48. The summed E-state index contributed by atoms with van der Waals surface area (Å²) in [5, 5.41) is 14.0. The van der Waals surface area contributed by atoms with E-state index in [2.05, 4.69) is 15.3 Å². The normalized spacial score (nSPS) is 13.2. The molecule has 1 atom stereocenters. The van der Waals surface area contributed by atoms with Gasteiger partial charge >= 0.3 is 5.92 Å². The van der Waals surface area contributed by atoms with Gasteiger partial charge in [-0.15, -0.1) is 0 Å². The lowest BCUT2D eigenvalue weighted by Crippen LogP contribution is -2.40. The number of hydrogen-bond donors (Lipinski definition) is 3. The predicted octanol–water partition coefficient (Wildman–Crippen LogP) is 4.58. The molecule has 7 nitrogen and oxygen atoms in total. The number of fused-ring (bicyclic) bond motifs is 1. The number of nitrogen functional groups attached to an aromatic ring is 1. The van der Waals surface area contributed by atoms with E-state index in [1.165, 1.54) is 12.1 Å². The summed E-state index contributed by atoms with van der Waals surface area (Å²) in [7, 11) is 1.60. The fourth-order valence-corrected chi connectivity index (χ4v) is 3.42. The van der Waals surface area contributed by atoms with Gasteiger partial charge < -0.3 is 25.6 Å². The van der Waals surface area contributed by atoms with E-state index in [9.17, 15) is 13.9 Å². The molecule has 0 fully saturated rings. The predicted molar refractivity (Wildman–Crippen MR) is 125 cm³/mol. The minimum Gasteiger partial charge on any atom is -0.491 e. The Morgan fingerprint density at radius 3 is 2.52 bits per heavy atom. The number of halogens is 2. The van der Waals surface area contributed by atoms with E-state index in [-0.39, 0.29) is 11.3 Å². The molecule has 0 saturated heterocycles. The summed E-state index contributed by atoms with van der Waals surface area (Å²) in [5.74, 6) is -1.74. The lowest BCUT2D eigenvalue weighted by Gasteiger charge is -2.30. The standard InChI is InChI=1S/C24H30F2N4O3/c1-14(16-10-17(12-18(27)11-16)24(25,26)23(3,4)31)28-22-20-13-19(33-9-8-32-5)6-7-21(20)29-15(2)30-22/h6-7,10-14,31H,8-9,27H2,1-5H3,(H,28,29,30)/t14-/m1/s1. The Labute approximate surface area is 192 Å². The summed E-state index contributed by atoms with van der Waals surface area (Å²) in [6.07, 6.45) is 0. The second kappa shape index (κ2) is 9.44.